The van der Waals surface area contributed by atoms with Gasteiger partial charge < -0.3 is 10.2 Å². The topological polar surface area (TPSA) is 122 Å². The van der Waals surface area contributed by atoms with Gasteiger partial charge in [0.2, 0.25) is 10.0 Å². The zero-order chi connectivity index (χ0) is 14.8. The van der Waals surface area contributed by atoms with E-state index in [-0.39, 0.29) is 30.0 Å². The Kier molecular flexibility index (Phi) is 4.41. The van der Waals surface area contributed by atoms with Gasteiger partial charge in [0.15, 0.2) is 0 Å². The second-order valence-electron chi connectivity index (χ2n) is 4.95. The lowest BCUT2D eigenvalue weighted by Crippen LogP contribution is -2.28. The summed E-state index contributed by atoms with van der Waals surface area (Å²) < 4.78 is 27.5. The minimum atomic E-state index is -3.69. The lowest BCUT2D eigenvalue weighted by Gasteiger charge is -2.10. The molecular weight excluding hydrogens is 286 g/mol. The number of nitrogens with one attached hydrogen (secondary N) is 1. The van der Waals surface area contributed by atoms with Crippen LogP contribution in [-0.4, -0.2) is 47.0 Å². The summed E-state index contributed by atoms with van der Waals surface area (Å²) in [4.78, 5) is 10.5. The number of sulfonamides is 1. The molecule has 8 nitrogen and oxygen atoms in total. The number of carbonyl (C=O) groups is 1. The first kappa shape index (κ1) is 14.9. The Labute approximate surface area is 116 Å². The van der Waals surface area contributed by atoms with Gasteiger partial charge in [-0.1, -0.05) is 0 Å². The Morgan fingerprint density at radius 1 is 1.50 bits per heavy atom. The van der Waals surface area contributed by atoms with Crippen LogP contribution in [0.4, 0.5) is 0 Å². The van der Waals surface area contributed by atoms with Crippen LogP contribution in [0.2, 0.25) is 0 Å². The molecule has 1 aromatic rings. The van der Waals surface area contributed by atoms with Crippen molar-refractivity contribution in [1.82, 2.24) is 14.5 Å². The fraction of sp³-hybridized carbons (Fsp3) is 0.636. The molecule has 3 N–H and O–H groups in total. The van der Waals surface area contributed by atoms with Crippen LogP contribution < -0.4 is 4.72 Å². The van der Waals surface area contributed by atoms with Crippen LogP contribution >= 0.6 is 0 Å². The van der Waals surface area contributed by atoms with Gasteiger partial charge in [-0.15, -0.1) is 0 Å². The number of carboxylic acid groups (broad SMARTS) is 1. The Bertz CT molecular complexity index is 583. The minimum absolute atomic E-state index is 0.0581. The van der Waals surface area contributed by atoms with E-state index in [2.05, 4.69) is 9.82 Å². The van der Waals surface area contributed by atoms with E-state index in [0.29, 0.717) is 12.8 Å². The summed E-state index contributed by atoms with van der Waals surface area (Å²) in [6.45, 7) is -0.117. The molecule has 0 aromatic carbocycles. The highest BCUT2D eigenvalue weighted by molar-refractivity contribution is 7.89. The van der Waals surface area contributed by atoms with Crippen LogP contribution in [0.15, 0.2) is 17.3 Å². The molecule has 0 amide bonds. The van der Waals surface area contributed by atoms with Crippen molar-refractivity contribution in [3.8, 4) is 0 Å². The van der Waals surface area contributed by atoms with Gasteiger partial charge in [-0.3, -0.25) is 9.48 Å². The summed E-state index contributed by atoms with van der Waals surface area (Å²) in [5, 5.41) is 21.7. The van der Waals surface area contributed by atoms with Crippen LogP contribution in [0.1, 0.15) is 19.3 Å². The predicted octanol–water partition coefficient (Wildman–Crippen LogP) is -0.593. The quantitative estimate of drug-likeness (QED) is 0.645. The van der Waals surface area contributed by atoms with E-state index < -0.39 is 16.0 Å². The van der Waals surface area contributed by atoms with Crippen molar-refractivity contribution in [1.29, 1.82) is 0 Å². The Morgan fingerprint density at radius 3 is 2.85 bits per heavy atom. The highest BCUT2D eigenvalue weighted by Gasteiger charge is 2.25. The average Bonchev–Trinajstić information content (AvgIpc) is 2.95. The van der Waals surface area contributed by atoms with E-state index >= 15 is 0 Å². The van der Waals surface area contributed by atoms with Crippen molar-refractivity contribution in [2.45, 2.75) is 36.8 Å². The molecule has 9 heteroatoms. The third-order valence-electron chi connectivity index (χ3n) is 3.29. The number of aliphatic hydroxyl groups excluding tert-OH is 1. The van der Waals surface area contributed by atoms with Gasteiger partial charge in [0, 0.05) is 12.7 Å². The molecule has 1 aromatic heterocycles. The lowest BCUT2D eigenvalue weighted by atomic mass is 10.1. The fourth-order valence-electron chi connectivity index (χ4n) is 2.25. The number of carboxylic acids is 1. The summed E-state index contributed by atoms with van der Waals surface area (Å²) in [6.07, 6.45) is 4.04. The van der Waals surface area contributed by atoms with E-state index in [4.69, 9.17) is 5.11 Å². The summed E-state index contributed by atoms with van der Waals surface area (Å²) in [5.74, 6) is -0.959. The molecule has 0 aliphatic heterocycles. The van der Waals surface area contributed by atoms with Crippen molar-refractivity contribution in [3.05, 3.63) is 12.4 Å². The summed E-state index contributed by atoms with van der Waals surface area (Å²) >= 11 is 0. The molecule has 1 aliphatic rings. The lowest BCUT2D eigenvalue weighted by molar-refractivity contribution is -0.137. The van der Waals surface area contributed by atoms with E-state index in [1.54, 1.807) is 0 Å². The maximum absolute atomic E-state index is 12.0. The largest absolute Gasteiger partial charge is 0.480 e. The number of nitrogens with zero attached hydrogens (tertiary/aromatic N) is 2. The number of hydrogen-bond donors (Lipinski definition) is 3. The minimum Gasteiger partial charge on any atom is -0.480 e. The van der Waals surface area contributed by atoms with Gasteiger partial charge in [0.1, 0.15) is 11.4 Å². The summed E-state index contributed by atoms with van der Waals surface area (Å²) in [7, 11) is -3.69. The third-order valence-corrected chi connectivity index (χ3v) is 4.67. The molecule has 2 unspecified atom stereocenters. The smallest absolute Gasteiger partial charge is 0.325 e. The maximum Gasteiger partial charge on any atom is 0.325 e. The molecular formula is C11H17N3O5S. The van der Waals surface area contributed by atoms with Gasteiger partial charge in [-0.2, -0.15) is 5.10 Å². The van der Waals surface area contributed by atoms with Crippen LogP contribution in [0.25, 0.3) is 0 Å². The first-order chi connectivity index (χ1) is 9.37. The highest BCUT2D eigenvalue weighted by Crippen LogP contribution is 2.25. The molecule has 112 valence electrons. The van der Waals surface area contributed by atoms with Crippen LogP contribution in [0.5, 0.6) is 0 Å². The van der Waals surface area contributed by atoms with Gasteiger partial charge in [0.25, 0.3) is 0 Å². The second kappa shape index (κ2) is 5.90. The van der Waals surface area contributed by atoms with Crippen LogP contribution in [0, 0.1) is 5.92 Å². The number of hydrogen-bond acceptors (Lipinski definition) is 5. The third kappa shape index (κ3) is 3.78. The SMILES string of the molecule is O=C(O)Cn1cc(S(=O)(=O)NCC2CCC(O)C2)cn1. The summed E-state index contributed by atoms with van der Waals surface area (Å²) in [5.41, 5.74) is 0. The van der Waals surface area contributed by atoms with Crippen LogP contribution in [0.3, 0.4) is 0 Å². The molecule has 1 saturated carbocycles. The van der Waals surface area contributed by atoms with Gasteiger partial charge >= 0.3 is 5.97 Å². The van der Waals surface area contributed by atoms with Crippen molar-refractivity contribution >= 4 is 16.0 Å². The standard InChI is InChI=1S/C11H17N3O5S/c15-9-2-1-8(3-9)4-13-20(18,19)10-5-12-14(6-10)7-11(16)17/h5-6,8-9,13,15H,1-4,7H2,(H,16,17). The van der Waals surface area contributed by atoms with Gasteiger partial charge in [0.05, 0.1) is 12.3 Å². The van der Waals surface area contributed by atoms with Crippen molar-refractivity contribution < 1.29 is 23.4 Å². The maximum atomic E-state index is 12.0. The zero-order valence-corrected chi connectivity index (χ0v) is 11.6. The molecule has 1 aliphatic carbocycles. The first-order valence-corrected chi connectivity index (χ1v) is 7.77. The van der Waals surface area contributed by atoms with E-state index in [9.17, 15) is 18.3 Å². The van der Waals surface area contributed by atoms with E-state index in [1.165, 1.54) is 6.20 Å². The number of rotatable bonds is 6. The van der Waals surface area contributed by atoms with Crippen molar-refractivity contribution in [2.75, 3.05) is 6.54 Å². The fourth-order valence-corrected chi connectivity index (χ4v) is 3.32. The highest BCUT2D eigenvalue weighted by atomic mass is 32.2. The number of aliphatic hydroxyl groups is 1. The molecule has 0 spiro atoms. The molecule has 1 fully saturated rings. The van der Waals surface area contributed by atoms with E-state index in [0.717, 1.165) is 17.3 Å². The molecule has 20 heavy (non-hydrogen) atoms. The zero-order valence-electron chi connectivity index (χ0n) is 10.8. The molecule has 0 saturated heterocycles. The Morgan fingerprint density at radius 2 is 2.25 bits per heavy atom. The predicted molar refractivity (Wildman–Crippen MR) is 68.4 cm³/mol. The summed E-state index contributed by atoms with van der Waals surface area (Å²) in [6, 6.07) is 0. The molecule has 0 radical (unpaired) electrons. The average molecular weight is 303 g/mol. The Hall–Kier alpha value is -1.45. The number of aromatic nitrogens is 2. The van der Waals surface area contributed by atoms with Gasteiger partial charge in [-0.05, 0) is 25.2 Å². The molecule has 2 rings (SSSR count). The van der Waals surface area contributed by atoms with Gasteiger partial charge in [-0.25, -0.2) is 13.1 Å². The van der Waals surface area contributed by atoms with Crippen molar-refractivity contribution in [3.63, 3.8) is 0 Å². The molecule has 2 atom stereocenters. The normalized spacial score (nSPS) is 23.1. The van der Waals surface area contributed by atoms with Crippen LogP contribution in [-0.2, 0) is 21.4 Å². The van der Waals surface area contributed by atoms with Crippen molar-refractivity contribution in [2.24, 2.45) is 5.92 Å². The Balaban J connectivity index is 1.95. The molecule has 1 heterocycles. The van der Waals surface area contributed by atoms with E-state index in [1.807, 2.05) is 0 Å². The molecule has 0 bridgehead atoms. The first-order valence-electron chi connectivity index (χ1n) is 6.29. The monoisotopic (exact) mass is 303 g/mol. The second-order valence-corrected chi connectivity index (χ2v) is 6.72. The number of aliphatic carboxylic acids is 1.